The highest BCUT2D eigenvalue weighted by molar-refractivity contribution is 6.03. The minimum Gasteiger partial charge on any atom is -0.465 e. The summed E-state index contributed by atoms with van der Waals surface area (Å²) < 4.78 is 19.7. The molecule has 2 fully saturated rings. The van der Waals surface area contributed by atoms with E-state index in [0.717, 1.165) is 4.90 Å². The molecule has 2 heterocycles. The van der Waals surface area contributed by atoms with Crippen LogP contribution in [-0.2, 0) is 9.53 Å². The van der Waals surface area contributed by atoms with Gasteiger partial charge in [-0.25, -0.2) is 14.0 Å². The first kappa shape index (κ1) is 16.2. The number of piperidine rings is 1. The number of carbonyl (C=O) groups excluding carboxylic acids is 2. The Balaban J connectivity index is 1.82. The predicted octanol–water partition coefficient (Wildman–Crippen LogP) is 1.53. The number of nitrogens with zero attached hydrogens (tertiary/aromatic N) is 2. The van der Waals surface area contributed by atoms with E-state index in [2.05, 4.69) is 4.74 Å². The summed E-state index contributed by atoms with van der Waals surface area (Å²) in [5.74, 6) is -1.85. The zero-order valence-electron chi connectivity index (χ0n) is 13.1. The summed E-state index contributed by atoms with van der Waals surface area (Å²) in [4.78, 5) is 37.5. The van der Waals surface area contributed by atoms with E-state index in [1.807, 2.05) is 0 Å². The molecule has 0 radical (unpaired) electrons. The second-order valence-electron chi connectivity index (χ2n) is 5.99. The quantitative estimate of drug-likeness (QED) is 0.828. The van der Waals surface area contributed by atoms with E-state index < -0.39 is 29.6 Å². The maximum absolute atomic E-state index is 15.1. The average molecular weight is 336 g/mol. The molecule has 2 atom stereocenters. The van der Waals surface area contributed by atoms with Crippen molar-refractivity contribution in [3.8, 4) is 0 Å². The lowest BCUT2D eigenvalue weighted by Gasteiger charge is -2.35. The number of esters is 1. The molecule has 0 aliphatic carbocycles. The summed E-state index contributed by atoms with van der Waals surface area (Å²) in [7, 11) is 1.27. The maximum atomic E-state index is 15.1. The molecule has 0 unspecified atom stereocenters. The Hall–Kier alpha value is -2.64. The van der Waals surface area contributed by atoms with Crippen LogP contribution in [0.1, 0.15) is 16.8 Å². The second-order valence-corrected chi connectivity index (χ2v) is 5.99. The largest absolute Gasteiger partial charge is 0.465 e. The van der Waals surface area contributed by atoms with Crippen LogP contribution in [0, 0.1) is 5.92 Å². The number of methoxy groups -OCH3 is 1. The lowest BCUT2D eigenvalue weighted by atomic mass is 9.85. The number of halogens is 1. The van der Waals surface area contributed by atoms with Gasteiger partial charge in [0.05, 0.1) is 12.7 Å². The first-order valence-corrected chi connectivity index (χ1v) is 7.54. The normalized spacial score (nSPS) is 26.2. The second kappa shape index (κ2) is 5.77. The first-order valence-electron chi connectivity index (χ1n) is 7.54. The molecule has 0 spiro atoms. The molecule has 0 aromatic heterocycles. The summed E-state index contributed by atoms with van der Waals surface area (Å²) in [5, 5.41) is 9.06. The van der Waals surface area contributed by atoms with Gasteiger partial charge < -0.3 is 19.6 Å². The Morgan fingerprint density at radius 3 is 2.54 bits per heavy atom. The highest BCUT2D eigenvalue weighted by Gasteiger charge is 2.57. The number of benzene rings is 1. The standard InChI is InChI=1S/C16H17FN2O5/c1-24-13(20)10-2-4-12(5-3-10)19-9-11-8-18(15(22)23)7-6-16(11,17)14(19)21/h2-5,11H,6-9H2,1H3,(H,22,23)/t11-,16+/m1/s1. The molecule has 0 saturated carbocycles. The van der Waals surface area contributed by atoms with Crippen LogP contribution in [0.3, 0.4) is 0 Å². The summed E-state index contributed by atoms with van der Waals surface area (Å²) >= 11 is 0. The molecule has 2 aliphatic rings. The number of fused-ring (bicyclic) bond motifs is 1. The molecular weight excluding hydrogens is 319 g/mol. The van der Waals surface area contributed by atoms with Gasteiger partial charge in [-0.3, -0.25) is 4.79 Å². The number of hydrogen-bond acceptors (Lipinski definition) is 4. The number of rotatable bonds is 2. The van der Waals surface area contributed by atoms with Gasteiger partial charge in [-0.15, -0.1) is 0 Å². The lowest BCUT2D eigenvalue weighted by molar-refractivity contribution is -0.131. The van der Waals surface area contributed by atoms with E-state index >= 15 is 4.39 Å². The summed E-state index contributed by atoms with van der Waals surface area (Å²) in [5.41, 5.74) is -1.23. The van der Waals surface area contributed by atoms with Gasteiger partial charge in [0.1, 0.15) is 0 Å². The Labute approximate surface area is 137 Å². The molecule has 2 amide bonds. The summed E-state index contributed by atoms with van der Waals surface area (Å²) in [6.45, 7) is 0.105. The summed E-state index contributed by atoms with van der Waals surface area (Å²) in [6.07, 6.45) is -1.25. The molecule has 2 saturated heterocycles. The Morgan fingerprint density at radius 2 is 1.96 bits per heavy atom. The van der Waals surface area contributed by atoms with Crippen LogP contribution in [0.2, 0.25) is 0 Å². The van der Waals surface area contributed by atoms with Crippen molar-refractivity contribution in [2.75, 3.05) is 31.6 Å². The number of amides is 2. The van der Waals surface area contributed by atoms with E-state index in [0.29, 0.717) is 11.3 Å². The van der Waals surface area contributed by atoms with Gasteiger partial charge in [-0.05, 0) is 24.3 Å². The Kier molecular flexibility index (Phi) is 3.90. The van der Waals surface area contributed by atoms with Crippen molar-refractivity contribution in [1.29, 1.82) is 0 Å². The number of likely N-dealkylation sites (tertiary alicyclic amines) is 1. The van der Waals surface area contributed by atoms with E-state index in [1.165, 1.54) is 24.1 Å². The average Bonchev–Trinajstić information content (AvgIpc) is 2.85. The number of ether oxygens (including phenoxy) is 1. The third kappa shape index (κ3) is 2.47. The molecule has 24 heavy (non-hydrogen) atoms. The van der Waals surface area contributed by atoms with Crippen LogP contribution in [0.5, 0.6) is 0 Å². The monoisotopic (exact) mass is 336 g/mol. The third-order valence-electron chi connectivity index (χ3n) is 4.71. The smallest absolute Gasteiger partial charge is 0.407 e. The van der Waals surface area contributed by atoms with Crippen LogP contribution >= 0.6 is 0 Å². The van der Waals surface area contributed by atoms with Crippen LogP contribution in [0.15, 0.2) is 24.3 Å². The molecule has 1 aromatic rings. The number of hydrogen-bond donors (Lipinski definition) is 1. The number of anilines is 1. The van der Waals surface area contributed by atoms with E-state index in [9.17, 15) is 14.4 Å². The van der Waals surface area contributed by atoms with Crippen LogP contribution < -0.4 is 4.90 Å². The van der Waals surface area contributed by atoms with Crippen LogP contribution in [0.25, 0.3) is 0 Å². The fourth-order valence-electron chi connectivity index (χ4n) is 3.31. The number of carbonyl (C=O) groups is 3. The highest BCUT2D eigenvalue weighted by Crippen LogP contribution is 2.41. The molecule has 1 aromatic carbocycles. The molecule has 7 nitrogen and oxygen atoms in total. The van der Waals surface area contributed by atoms with Gasteiger partial charge in [0, 0.05) is 37.7 Å². The minimum atomic E-state index is -2.03. The van der Waals surface area contributed by atoms with E-state index in [4.69, 9.17) is 5.11 Å². The maximum Gasteiger partial charge on any atom is 0.407 e. The summed E-state index contributed by atoms with van der Waals surface area (Å²) in [6, 6.07) is 6.12. The van der Waals surface area contributed by atoms with Crippen LogP contribution in [-0.4, -0.2) is 60.4 Å². The predicted molar refractivity (Wildman–Crippen MR) is 81.7 cm³/mol. The van der Waals surface area contributed by atoms with Gasteiger partial charge in [0.2, 0.25) is 0 Å². The van der Waals surface area contributed by atoms with E-state index in [-0.39, 0.29) is 26.1 Å². The molecule has 128 valence electrons. The molecular formula is C16H17FN2O5. The molecule has 1 N–H and O–H groups in total. The SMILES string of the molecule is COC(=O)c1ccc(N2C[C@H]3CN(C(=O)O)CC[C@@]3(F)C2=O)cc1. The molecule has 3 rings (SSSR count). The lowest BCUT2D eigenvalue weighted by Crippen LogP contribution is -2.52. The zero-order valence-corrected chi connectivity index (χ0v) is 13.1. The fraction of sp³-hybridized carbons (Fsp3) is 0.438. The van der Waals surface area contributed by atoms with E-state index in [1.54, 1.807) is 12.1 Å². The topological polar surface area (TPSA) is 87.2 Å². The van der Waals surface area contributed by atoms with Gasteiger partial charge in [-0.1, -0.05) is 0 Å². The number of alkyl halides is 1. The minimum absolute atomic E-state index is 0.00317. The highest BCUT2D eigenvalue weighted by atomic mass is 19.1. The Morgan fingerprint density at radius 1 is 1.29 bits per heavy atom. The molecule has 8 heteroatoms. The van der Waals surface area contributed by atoms with Gasteiger partial charge >= 0.3 is 12.1 Å². The Bertz CT molecular complexity index is 692. The molecule has 0 bridgehead atoms. The van der Waals surface area contributed by atoms with Gasteiger partial charge in [0.25, 0.3) is 5.91 Å². The third-order valence-corrected chi connectivity index (χ3v) is 4.71. The van der Waals surface area contributed by atoms with Crippen molar-refractivity contribution in [2.24, 2.45) is 5.92 Å². The van der Waals surface area contributed by atoms with Crippen molar-refractivity contribution < 1.29 is 28.6 Å². The van der Waals surface area contributed by atoms with Crippen molar-refractivity contribution in [2.45, 2.75) is 12.1 Å². The van der Waals surface area contributed by atoms with Crippen molar-refractivity contribution in [3.05, 3.63) is 29.8 Å². The first-order chi connectivity index (χ1) is 11.4. The van der Waals surface area contributed by atoms with Gasteiger partial charge in [-0.2, -0.15) is 0 Å². The number of carboxylic acid groups (broad SMARTS) is 1. The fourth-order valence-corrected chi connectivity index (χ4v) is 3.31. The van der Waals surface area contributed by atoms with Gasteiger partial charge in [0.15, 0.2) is 5.67 Å². The molecule has 2 aliphatic heterocycles. The zero-order chi connectivity index (χ0) is 17.5. The van der Waals surface area contributed by atoms with Crippen molar-refractivity contribution in [1.82, 2.24) is 4.90 Å². The van der Waals surface area contributed by atoms with Crippen LogP contribution in [0.4, 0.5) is 14.9 Å². The van der Waals surface area contributed by atoms with Crippen molar-refractivity contribution >= 4 is 23.7 Å². The van der Waals surface area contributed by atoms with Crippen molar-refractivity contribution in [3.63, 3.8) is 0 Å².